The van der Waals surface area contributed by atoms with Crippen molar-refractivity contribution in [3.05, 3.63) is 119 Å². The number of aromatic nitrogens is 3. The molecular weight excluding hydrogens is 748 g/mol. The van der Waals surface area contributed by atoms with E-state index in [2.05, 4.69) is 31.8 Å². The fourth-order valence-corrected chi connectivity index (χ4v) is 7.80. The number of rotatable bonds is 14. The van der Waals surface area contributed by atoms with Crippen LogP contribution >= 0.6 is 22.9 Å². The maximum atomic E-state index is 14.1. The fourth-order valence-electron chi connectivity index (χ4n) is 6.43. The molecule has 1 N–H and O–H groups in total. The van der Waals surface area contributed by atoms with E-state index >= 15 is 0 Å². The molecule has 0 amide bonds. The average Bonchev–Trinajstić information content (AvgIpc) is 3.58. The number of likely N-dealkylation sites (N-methyl/N-ethyl adjacent to an activating group) is 1. The zero-order valence-corrected chi connectivity index (χ0v) is 31.7. The molecule has 0 unspecified atom stereocenters. The first kappa shape index (κ1) is 38.1. The molecule has 0 spiro atoms. The molecule has 1 saturated heterocycles. The number of halogens is 3. The third kappa shape index (κ3) is 8.86. The third-order valence-corrected chi connectivity index (χ3v) is 11.1. The van der Waals surface area contributed by atoms with Gasteiger partial charge in [0.25, 0.3) is 0 Å². The SMILES string of the molecule is Cc1c(-c2c(-c3ccc(F)cc3)sc3ncnc(O[C@H](Cc4ccccc4OCc4ccc(F)cn4)C(=O)O)c23)ccc(OCCN2CCN(C)CC2)c1Cl. The molecule has 1 aliphatic heterocycles. The Kier molecular flexibility index (Phi) is 11.8. The number of pyridine rings is 1. The van der Waals surface area contributed by atoms with Crippen LogP contribution in [0.15, 0.2) is 85.3 Å². The summed E-state index contributed by atoms with van der Waals surface area (Å²) in [6.45, 7) is 7.19. The first-order valence-corrected chi connectivity index (χ1v) is 18.9. The number of ether oxygens (including phenoxy) is 3. The van der Waals surface area contributed by atoms with Crippen LogP contribution in [-0.4, -0.2) is 88.3 Å². The lowest BCUT2D eigenvalue weighted by Crippen LogP contribution is -2.45. The Morgan fingerprint density at radius 2 is 1.69 bits per heavy atom. The molecule has 10 nitrogen and oxygen atoms in total. The van der Waals surface area contributed by atoms with Crippen LogP contribution in [0, 0.1) is 18.6 Å². The summed E-state index contributed by atoms with van der Waals surface area (Å²) in [7, 11) is 2.12. The Morgan fingerprint density at radius 3 is 2.44 bits per heavy atom. The van der Waals surface area contributed by atoms with Gasteiger partial charge in [-0.1, -0.05) is 48.0 Å². The van der Waals surface area contributed by atoms with E-state index in [4.69, 9.17) is 25.8 Å². The van der Waals surface area contributed by atoms with E-state index in [-0.39, 0.29) is 24.7 Å². The predicted molar refractivity (Wildman–Crippen MR) is 208 cm³/mol. The molecule has 1 aliphatic rings. The standard InChI is InChI=1S/C41H38ClF2N5O5S/c1-25-31(13-14-33(37(25)42)52-20-19-49-17-15-48(2)16-18-49)35-36-39(46-24-47-40(36)55-38(35)26-7-9-28(43)10-8-26)54-34(41(50)51)21-27-5-3-4-6-32(27)53-23-30-12-11-29(44)22-45-30/h3-14,22,24,34H,15-21,23H2,1-2H3,(H,50,51)/t34-/m1/s1. The highest BCUT2D eigenvalue weighted by Gasteiger charge is 2.28. The maximum Gasteiger partial charge on any atom is 0.345 e. The van der Waals surface area contributed by atoms with Gasteiger partial charge in [-0.2, -0.15) is 0 Å². The number of carboxylic acid groups (broad SMARTS) is 1. The second-order valence-corrected chi connectivity index (χ2v) is 14.6. The summed E-state index contributed by atoms with van der Waals surface area (Å²) in [6.07, 6.45) is 0.989. The van der Waals surface area contributed by atoms with Crippen LogP contribution in [-0.2, 0) is 17.8 Å². The highest BCUT2D eigenvalue weighted by Crippen LogP contribution is 2.49. The van der Waals surface area contributed by atoms with Crippen molar-refractivity contribution in [2.24, 2.45) is 0 Å². The maximum absolute atomic E-state index is 14.1. The average molecular weight is 786 g/mol. The monoisotopic (exact) mass is 785 g/mol. The van der Waals surface area contributed by atoms with Crippen LogP contribution < -0.4 is 14.2 Å². The van der Waals surface area contributed by atoms with E-state index in [0.29, 0.717) is 50.2 Å². The number of aliphatic carboxylic acids is 1. The molecule has 0 aliphatic carbocycles. The quantitative estimate of drug-likeness (QED) is 0.117. The minimum atomic E-state index is -1.38. The molecule has 284 valence electrons. The summed E-state index contributed by atoms with van der Waals surface area (Å²) >= 11 is 8.36. The number of para-hydroxylation sites is 1. The lowest BCUT2D eigenvalue weighted by atomic mass is 9.96. The minimum Gasteiger partial charge on any atom is -0.491 e. The van der Waals surface area contributed by atoms with Gasteiger partial charge in [0.15, 0.2) is 0 Å². The van der Waals surface area contributed by atoms with E-state index in [9.17, 15) is 18.7 Å². The Hall–Kier alpha value is -5.21. The third-order valence-electron chi connectivity index (χ3n) is 9.51. The Bertz CT molecular complexity index is 2280. The van der Waals surface area contributed by atoms with Gasteiger partial charge in [0.2, 0.25) is 12.0 Å². The lowest BCUT2D eigenvalue weighted by molar-refractivity contribution is -0.145. The summed E-state index contributed by atoms with van der Waals surface area (Å²) in [5.74, 6) is -1.00. The molecule has 0 bridgehead atoms. The molecule has 1 fully saturated rings. The van der Waals surface area contributed by atoms with Crippen LogP contribution in [0.4, 0.5) is 8.78 Å². The van der Waals surface area contributed by atoms with Gasteiger partial charge in [0, 0.05) is 49.6 Å². The molecule has 0 radical (unpaired) electrons. The Balaban J connectivity index is 1.21. The van der Waals surface area contributed by atoms with Crippen molar-refractivity contribution in [1.29, 1.82) is 0 Å². The topological polar surface area (TPSA) is 110 Å². The van der Waals surface area contributed by atoms with Crippen LogP contribution in [0.1, 0.15) is 16.8 Å². The number of benzene rings is 3. The number of carbonyl (C=O) groups is 1. The van der Waals surface area contributed by atoms with Gasteiger partial charge in [-0.25, -0.2) is 23.5 Å². The number of nitrogens with zero attached hydrogens (tertiary/aromatic N) is 5. The first-order chi connectivity index (χ1) is 26.6. The van der Waals surface area contributed by atoms with Crippen LogP contribution in [0.5, 0.6) is 17.4 Å². The number of carboxylic acids is 1. The number of fused-ring (bicyclic) bond motifs is 1. The second kappa shape index (κ2) is 17.1. The number of piperazine rings is 1. The zero-order chi connectivity index (χ0) is 38.5. The van der Waals surface area contributed by atoms with Crippen molar-refractivity contribution < 1.29 is 32.9 Å². The molecule has 0 saturated carbocycles. The molecule has 3 aromatic carbocycles. The molecule has 7 rings (SSSR count). The van der Waals surface area contributed by atoms with Crippen molar-refractivity contribution >= 4 is 39.1 Å². The smallest absolute Gasteiger partial charge is 0.345 e. The van der Waals surface area contributed by atoms with Crippen LogP contribution in [0.2, 0.25) is 5.02 Å². The van der Waals surface area contributed by atoms with Crippen molar-refractivity contribution in [1.82, 2.24) is 24.8 Å². The minimum absolute atomic E-state index is 0.0504. The van der Waals surface area contributed by atoms with Gasteiger partial charge in [-0.3, -0.25) is 9.88 Å². The van der Waals surface area contributed by atoms with Gasteiger partial charge in [-0.05, 0) is 72.6 Å². The fraction of sp³-hybridized carbons (Fsp3) is 0.268. The van der Waals surface area contributed by atoms with Gasteiger partial charge < -0.3 is 24.2 Å². The van der Waals surface area contributed by atoms with E-state index in [0.717, 1.165) is 60.5 Å². The van der Waals surface area contributed by atoms with Crippen molar-refractivity contribution in [3.63, 3.8) is 0 Å². The molecule has 3 aromatic heterocycles. The largest absolute Gasteiger partial charge is 0.491 e. The molecular formula is C41H38ClF2N5O5S. The summed E-state index contributed by atoms with van der Waals surface area (Å²) in [4.78, 5) is 31.8. The summed E-state index contributed by atoms with van der Waals surface area (Å²) in [6, 6.07) is 19.7. The Morgan fingerprint density at radius 1 is 0.927 bits per heavy atom. The van der Waals surface area contributed by atoms with Crippen molar-refractivity contribution in [2.75, 3.05) is 46.4 Å². The summed E-state index contributed by atoms with van der Waals surface area (Å²) in [5, 5.41) is 11.4. The lowest BCUT2D eigenvalue weighted by Gasteiger charge is -2.32. The molecule has 6 aromatic rings. The van der Waals surface area contributed by atoms with Crippen LogP contribution in [0.3, 0.4) is 0 Å². The Labute approximate surface area is 325 Å². The molecule has 4 heterocycles. The predicted octanol–water partition coefficient (Wildman–Crippen LogP) is 7.94. The van der Waals surface area contributed by atoms with Crippen LogP contribution in [0.25, 0.3) is 31.8 Å². The summed E-state index contributed by atoms with van der Waals surface area (Å²) < 4.78 is 45.9. The van der Waals surface area contributed by atoms with Gasteiger partial charge >= 0.3 is 5.97 Å². The highest BCUT2D eigenvalue weighted by molar-refractivity contribution is 7.22. The van der Waals surface area contributed by atoms with Crippen molar-refractivity contribution in [3.8, 4) is 38.9 Å². The molecule has 1 atom stereocenters. The van der Waals surface area contributed by atoms with Gasteiger partial charge in [0.1, 0.15) is 47.5 Å². The van der Waals surface area contributed by atoms with Gasteiger partial charge in [0.05, 0.1) is 22.3 Å². The number of hydrogen-bond acceptors (Lipinski definition) is 10. The number of hydrogen-bond donors (Lipinski definition) is 1. The van der Waals surface area contributed by atoms with Gasteiger partial charge in [-0.15, -0.1) is 11.3 Å². The molecule has 14 heteroatoms. The van der Waals surface area contributed by atoms with E-state index in [1.54, 1.807) is 36.4 Å². The summed E-state index contributed by atoms with van der Waals surface area (Å²) in [5.41, 5.74) is 3.95. The van der Waals surface area contributed by atoms with E-state index < -0.39 is 17.9 Å². The van der Waals surface area contributed by atoms with Crippen molar-refractivity contribution in [2.45, 2.75) is 26.1 Å². The molecule has 55 heavy (non-hydrogen) atoms. The first-order valence-electron chi connectivity index (χ1n) is 17.7. The number of thiophene rings is 1. The second-order valence-electron chi connectivity index (χ2n) is 13.2. The van der Waals surface area contributed by atoms with E-state index in [1.165, 1.54) is 41.9 Å². The highest BCUT2D eigenvalue weighted by atomic mass is 35.5. The zero-order valence-electron chi connectivity index (χ0n) is 30.2. The normalized spacial score (nSPS) is 14.2. The van der Waals surface area contributed by atoms with E-state index in [1.807, 2.05) is 19.1 Å².